The highest BCUT2D eigenvalue weighted by Gasteiger charge is 2.02. The Hall–Kier alpha value is -2.66. The molecule has 2 aromatic carbocycles. The maximum absolute atomic E-state index is 11.6. The van der Waals surface area contributed by atoms with Crippen LogP contribution in [0.1, 0.15) is 5.56 Å². The van der Waals surface area contributed by atoms with Gasteiger partial charge in [-0.05, 0) is 48.0 Å². The molecule has 0 aliphatic heterocycles. The molecule has 0 amide bonds. The lowest BCUT2D eigenvalue weighted by atomic mass is 10.2. The van der Waals surface area contributed by atoms with Crippen molar-refractivity contribution in [3.05, 3.63) is 59.1 Å². The first-order valence-electron chi connectivity index (χ1n) is 7.18. The van der Waals surface area contributed by atoms with Crippen molar-refractivity contribution in [2.75, 3.05) is 20.3 Å². The topological polar surface area (TPSA) is 65.0 Å². The molecule has 0 fully saturated rings. The summed E-state index contributed by atoms with van der Waals surface area (Å²) in [6, 6.07) is 11.7. The van der Waals surface area contributed by atoms with E-state index in [1.165, 1.54) is 19.3 Å². The molecule has 5 nitrogen and oxygen atoms in total. The molecule has 24 heavy (non-hydrogen) atoms. The number of halogens is 1. The zero-order chi connectivity index (χ0) is 17.4. The second kappa shape index (κ2) is 8.84. The van der Waals surface area contributed by atoms with Gasteiger partial charge in [0.05, 0.1) is 7.11 Å². The minimum absolute atomic E-state index is 0.0385. The summed E-state index contributed by atoms with van der Waals surface area (Å²) < 4.78 is 15.4. The van der Waals surface area contributed by atoms with Gasteiger partial charge in [0.1, 0.15) is 19.0 Å². The van der Waals surface area contributed by atoms with E-state index in [9.17, 15) is 9.90 Å². The van der Waals surface area contributed by atoms with Gasteiger partial charge in [-0.25, -0.2) is 4.79 Å². The number of hydrogen-bond donors (Lipinski definition) is 1. The Morgan fingerprint density at radius 2 is 1.92 bits per heavy atom. The van der Waals surface area contributed by atoms with E-state index in [-0.39, 0.29) is 19.0 Å². The van der Waals surface area contributed by atoms with Crippen molar-refractivity contribution in [2.45, 2.75) is 0 Å². The lowest BCUT2D eigenvalue weighted by Crippen LogP contribution is -2.10. The Bertz CT molecular complexity index is 710. The Labute approximate surface area is 145 Å². The van der Waals surface area contributed by atoms with Crippen molar-refractivity contribution in [3.8, 4) is 17.2 Å². The minimum atomic E-state index is -0.484. The molecule has 126 valence electrons. The number of phenolic OH excluding ortho intramolecular Hbond substituents is 1. The van der Waals surface area contributed by atoms with E-state index in [1.54, 1.807) is 42.5 Å². The largest absolute Gasteiger partial charge is 0.504 e. The third kappa shape index (κ3) is 5.52. The number of esters is 1. The van der Waals surface area contributed by atoms with Crippen LogP contribution in [-0.2, 0) is 9.53 Å². The molecule has 1 N–H and O–H groups in total. The van der Waals surface area contributed by atoms with Gasteiger partial charge >= 0.3 is 5.97 Å². The molecule has 0 spiro atoms. The zero-order valence-electron chi connectivity index (χ0n) is 13.1. The fourth-order valence-corrected chi connectivity index (χ4v) is 1.97. The van der Waals surface area contributed by atoms with Crippen LogP contribution in [0.25, 0.3) is 6.08 Å². The van der Waals surface area contributed by atoms with Gasteiger partial charge in [-0.1, -0.05) is 17.7 Å². The van der Waals surface area contributed by atoms with Crippen molar-refractivity contribution < 1.29 is 24.1 Å². The predicted octanol–water partition coefficient (Wildman–Crippen LogP) is 3.69. The molecule has 0 bridgehead atoms. The number of carbonyl (C=O) groups is 1. The number of phenols is 1. The highest BCUT2D eigenvalue weighted by molar-refractivity contribution is 6.30. The van der Waals surface area contributed by atoms with Crippen molar-refractivity contribution in [1.29, 1.82) is 0 Å². The highest BCUT2D eigenvalue weighted by Crippen LogP contribution is 2.26. The standard InChI is InChI=1S/C18H17ClO5/c1-22-17-12-13(2-8-16(17)20)3-9-18(21)24-11-10-23-15-6-4-14(19)5-7-15/h2-9,12,20H,10-11H2,1H3. The van der Waals surface area contributed by atoms with Crippen LogP contribution in [-0.4, -0.2) is 31.4 Å². The van der Waals surface area contributed by atoms with Crippen LogP contribution in [0.5, 0.6) is 17.2 Å². The van der Waals surface area contributed by atoms with Crippen LogP contribution in [0.15, 0.2) is 48.5 Å². The van der Waals surface area contributed by atoms with Crippen molar-refractivity contribution >= 4 is 23.6 Å². The van der Waals surface area contributed by atoms with Crippen LogP contribution in [0.2, 0.25) is 5.02 Å². The van der Waals surface area contributed by atoms with Gasteiger partial charge in [-0.15, -0.1) is 0 Å². The highest BCUT2D eigenvalue weighted by atomic mass is 35.5. The number of carbonyl (C=O) groups excluding carboxylic acids is 1. The molecular formula is C18H17ClO5. The van der Waals surface area contributed by atoms with E-state index in [0.717, 1.165) is 0 Å². The summed E-state index contributed by atoms with van der Waals surface area (Å²) in [6.07, 6.45) is 2.87. The first-order chi connectivity index (χ1) is 11.6. The Morgan fingerprint density at radius 3 is 2.62 bits per heavy atom. The summed E-state index contributed by atoms with van der Waals surface area (Å²) in [5, 5.41) is 10.1. The van der Waals surface area contributed by atoms with Crippen LogP contribution in [0, 0.1) is 0 Å². The van der Waals surface area contributed by atoms with Gasteiger partial charge in [0.2, 0.25) is 0 Å². The number of hydrogen-bond acceptors (Lipinski definition) is 5. The number of ether oxygens (including phenoxy) is 3. The van der Waals surface area contributed by atoms with Gasteiger partial charge in [0.25, 0.3) is 0 Å². The van der Waals surface area contributed by atoms with E-state index >= 15 is 0 Å². The molecule has 0 heterocycles. The average Bonchev–Trinajstić information content (AvgIpc) is 2.59. The maximum Gasteiger partial charge on any atom is 0.330 e. The summed E-state index contributed by atoms with van der Waals surface area (Å²) in [6.45, 7) is 0.374. The van der Waals surface area contributed by atoms with Gasteiger partial charge in [0, 0.05) is 11.1 Å². The third-order valence-corrected chi connectivity index (χ3v) is 3.28. The minimum Gasteiger partial charge on any atom is -0.504 e. The summed E-state index contributed by atoms with van der Waals surface area (Å²) in [4.78, 5) is 11.6. The quantitative estimate of drug-likeness (QED) is 0.469. The second-order valence-corrected chi connectivity index (χ2v) is 5.17. The van der Waals surface area contributed by atoms with E-state index in [0.29, 0.717) is 22.1 Å². The molecule has 2 rings (SSSR count). The van der Waals surface area contributed by atoms with Crippen molar-refractivity contribution in [1.82, 2.24) is 0 Å². The molecular weight excluding hydrogens is 332 g/mol. The Kier molecular flexibility index (Phi) is 6.51. The Morgan fingerprint density at radius 1 is 1.17 bits per heavy atom. The number of rotatable bonds is 7. The molecule has 0 saturated carbocycles. The molecule has 0 aromatic heterocycles. The Balaban J connectivity index is 1.75. The van der Waals surface area contributed by atoms with Crippen LogP contribution in [0.3, 0.4) is 0 Å². The normalized spacial score (nSPS) is 10.6. The molecule has 2 aromatic rings. The average molecular weight is 349 g/mol. The molecule has 0 aliphatic rings. The number of aromatic hydroxyl groups is 1. The van der Waals surface area contributed by atoms with Crippen LogP contribution in [0.4, 0.5) is 0 Å². The van der Waals surface area contributed by atoms with Gasteiger partial charge in [0.15, 0.2) is 11.5 Å². The maximum atomic E-state index is 11.6. The third-order valence-electron chi connectivity index (χ3n) is 3.03. The smallest absolute Gasteiger partial charge is 0.330 e. The zero-order valence-corrected chi connectivity index (χ0v) is 13.8. The monoisotopic (exact) mass is 348 g/mol. The fourth-order valence-electron chi connectivity index (χ4n) is 1.84. The van der Waals surface area contributed by atoms with E-state index in [1.807, 2.05) is 0 Å². The van der Waals surface area contributed by atoms with E-state index in [4.69, 9.17) is 25.8 Å². The molecule has 6 heteroatoms. The van der Waals surface area contributed by atoms with E-state index in [2.05, 4.69) is 0 Å². The predicted molar refractivity (Wildman–Crippen MR) is 91.6 cm³/mol. The first-order valence-corrected chi connectivity index (χ1v) is 7.56. The van der Waals surface area contributed by atoms with E-state index < -0.39 is 5.97 Å². The number of methoxy groups -OCH3 is 1. The summed E-state index contributed by atoms with van der Waals surface area (Å²) in [7, 11) is 1.46. The summed E-state index contributed by atoms with van der Waals surface area (Å²) in [5.74, 6) is 0.544. The summed E-state index contributed by atoms with van der Waals surface area (Å²) in [5.41, 5.74) is 0.707. The van der Waals surface area contributed by atoms with Crippen molar-refractivity contribution in [3.63, 3.8) is 0 Å². The SMILES string of the molecule is COc1cc(C=CC(=O)OCCOc2ccc(Cl)cc2)ccc1O. The molecule has 0 radical (unpaired) electrons. The van der Waals surface area contributed by atoms with Gasteiger partial charge in [-0.3, -0.25) is 0 Å². The van der Waals surface area contributed by atoms with Crippen LogP contribution < -0.4 is 9.47 Å². The first kappa shape index (κ1) is 17.7. The number of benzene rings is 2. The molecule has 0 atom stereocenters. The lowest BCUT2D eigenvalue weighted by molar-refractivity contribution is -0.138. The van der Waals surface area contributed by atoms with Crippen LogP contribution >= 0.6 is 11.6 Å². The molecule has 0 unspecified atom stereocenters. The lowest BCUT2D eigenvalue weighted by Gasteiger charge is -2.06. The van der Waals surface area contributed by atoms with Gasteiger partial charge < -0.3 is 19.3 Å². The fraction of sp³-hybridized carbons (Fsp3) is 0.167. The second-order valence-electron chi connectivity index (χ2n) is 4.73. The van der Waals surface area contributed by atoms with Gasteiger partial charge in [-0.2, -0.15) is 0 Å². The molecule has 0 aliphatic carbocycles. The summed E-state index contributed by atoms with van der Waals surface area (Å²) >= 11 is 5.77. The van der Waals surface area contributed by atoms with Crippen molar-refractivity contribution in [2.24, 2.45) is 0 Å². The molecule has 0 saturated heterocycles.